The van der Waals surface area contributed by atoms with Gasteiger partial charge in [-0.25, -0.2) is 0 Å². The Morgan fingerprint density at radius 1 is 1.17 bits per heavy atom. The van der Waals surface area contributed by atoms with E-state index in [2.05, 4.69) is 0 Å². The van der Waals surface area contributed by atoms with Crippen LogP contribution in [0.4, 0.5) is 0 Å². The van der Waals surface area contributed by atoms with Gasteiger partial charge in [0, 0.05) is 5.88 Å². The minimum atomic E-state index is 0.615. The Morgan fingerprint density at radius 3 is 2.33 bits per heavy atom. The highest BCUT2D eigenvalue weighted by Gasteiger charge is 2.41. The normalized spacial score (nSPS) is 27.8. The number of hydrogen-bond donors (Lipinski definition) is 0. The minimum Gasteiger partial charge on any atom is -0.126 e. The molecular weight excluding hydrogens is 168 g/mol. The molecule has 12 heavy (non-hydrogen) atoms. The van der Waals surface area contributed by atoms with Gasteiger partial charge in [0.1, 0.15) is 0 Å². The first-order chi connectivity index (χ1) is 5.85. The van der Waals surface area contributed by atoms with Gasteiger partial charge >= 0.3 is 0 Å². The van der Waals surface area contributed by atoms with Crippen LogP contribution < -0.4 is 0 Å². The van der Waals surface area contributed by atoms with E-state index in [1.165, 1.54) is 51.4 Å². The Labute approximate surface area is 80.7 Å². The summed E-state index contributed by atoms with van der Waals surface area (Å²) in [6.45, 7) is 0. The van der Waals surface area contributed by atoms with Gasteiger partial charge in [-0.1, -0.05) is 25.7 Å². The number of hydrogen-bond acceptors (Lipinski definition) is 0. The Hall–Kier alpha value is 0.290. The van der Waals surface area contributed by atoms with Crippen molar-refractivity contribution in [2.24, 2.45) is 11.3 Å². The van der Waals surface area contributed by atoms with Crippen LogP contribution in [0.15, 0.2) is 0 Å². The van der Waals surface area contributed by atoms with Crippen LogP contribution in [-0.4, -0.2) is 5.88 Å². The van der Waals surface area contributed by atoms with Crippen molar-refractivity contribution in [3.63, 3.8) is 0 Å². The van der Waals surface area contributed by atoms with E-state index in [0.717, 1.165) is 11.8 Å². The quantitative estimate of drug-likeness (QED) is 0.583. The molecule has 2 aliphatic carbocycles. The fourth-order valence-electron chi connectivity index (χ4n) is 2.44. The summed E-state index contributed by atoms with van der Waals surface area (Å²) < 4.78 is 0. The predicted molar refractivity (Wildman–Crippen MR) is 53.6 cm³/mol. The fraction of sp³-hybridized carbons (Fsp3) is 1.00. The third kappa shape index (κ3) is 1.96. The molecule has 0 radical (unpaired) electrons. The van der Waals surface area contributed by atoms with Gasteiger partial charge in [0.25, 0.3) is 0 Å². The lowest BCUT2D eigenvalue weighted by molar-refractivity contribution is 0.406. The molecule has 0 amide bonds. The lowest BCUT2D eigenvalue weighted by Gasteiger charge is -2.14. The van der Waals surface area contributed by atoms with Gasteiger partial charge in [-0.05, 0) is 37.0 Å². The van der Waals surface area contributed by atoms with Crippen molar-refractivity contribution < 1.29 is 0 Å². The summed E-state index contributed by atoms with van der Waals surface area (Å²) in [4.78, 5) is 0. The topological polar surface area (TPSA) is 0 Å². The molecule has 2 aliphatic rings. The molecule has 70 valence electrons. The molecule has 2 rings (SSSR count). The summed E-state index contributed by atoms with van der Waals surface area (Å²) in [7, 11) is 0. The van der Waals surface area contributed by atoms with Crippen LogP contribution in [0.3, 0.4) is 0 Å². The van der Waals surface area contributed by atoms with Crippen LogP contribution in [0.25, 0.3) is 0 Å². The van der Waals surface area contributed by atoms with E-state index < -0.39 is 0 Å². The fourth-order valence-corrected chi connectivity index (χ4v) is 2.84. The average Bonchev–Trinajstić information content (AvgIpc) is 2.70. The SMILES string of the molecule is ClCC1(CCC2CCCC2)CC1. The van der Waals surface area contributed by atoms with Crippen molar-refractivity contribution in [3.05, 3.63) is 0 Å². The van der Waals surface area contributed by atoms with Crippen LogP contribution in [0, 0.1) is 11.3 Å². The number of rotatable bonds is 4. The maximum Gasteiger partial charge on any atom is 0.0280 e. The van der Waals surface area contributed by atoms with Crippen molar-refractivity contribution >= 4 is 11.6 Å². The van der Waals surface area contributed by atoms with Crippen LogP contribution in [0.1, 0.15) is 51.4 Å². The Kier molecular flexibility index (Phi) is 2.64. The molecule has 0 heterocycles. The summed E-state index contributed by atoms with van der Waals surface area (Å²) in [5, 5.41) is 0. The lowest BCUT2D eigenvalue weighted by Crippen LogP contribution is -2.05. The van der Waals surface area contributed by atoms with Gasteiger partial charge in [-0.3, -0.25) is 0 Å². The van der Waals surface area contributed by atoms with Gasteiger partial charge in [-0.2, -0.15) is 0 Å². The summed E-state index contributed by atoms with van der Waals surface area (Å²) in [5.41, 5.74) is 0.615. The molecule has 0 aromatic carbocycles. The molecule has 0 bridgehead atoms. The number of alkyl halides is 1. The highest BCUT2D eigenvalue weighted by molar-refractivity contribution is 6.18. The van der Waals surface area contributed by atoms with Crippen molar-refractivity contribution in [1.82, 2.24) is 0 Å². The molecule has 0 spiro atoms. The zero-order chi connectivity index (χ0) is 8.44. The van der Waals surface area contributed by atoms with E-state index in [1.807, 2.05) is 0 Å². The van der Waals surface area contributed by atoms with Crippen molar-refractivity contribution in [3.8, 4) is 0 Å². The standard InChI is InChI=1S/C11H19Cl/c12-9-11(7-8-11)6-5-10-3-1-2-4-10/h10H,1-9H2. The summed E-state index contributed by atoms with van der Waals surface area (Å²) in [5.74, 6) is 1.98. The highest BCUT2D eigenvalue weighted by atomic mass is 35.5. The second-order valence-electron chi connectivity index (χ2n) is 4.82. The van der Waals surface area contributed by atoms with Crippen LogP contribution in [0.2, 0.25) is 0 Å². The minimum absolute atomic E-state index is 0.615. The first kappa shape index (κ1) is 8.87. The molecule has 2 saturated carbocycles. The molecule has 0 aliphatic heterocycles. The van der Waals surface area contributed by atoms with Gasteiger partial charge in [0.2, 0.25) is 0 Å². The van der Waals surface area contributed by atoms with Crippen molar-refractivity contribution in [1.29, 1.82) is 0 Å². The molecule has 0 aromatic heterocycles. The summed E-state index contributed by atoms with van der Waals surface area (Å²) in [6, 6.07) is 0. The van der Waals surface area contributed by atoms with Crippen LogP contribution in [-0.2, 0) is 0 Å². The van der Waals surface area contributed by atoms with Crippen molar-refractivity contribution in [2.75, 3.05) is 5.88 Å². The highest BCUT2D eigenvalue weighted by Crippen LogP contribution is 2.51. The lowest BCUT2D eigenvalue weighted by atomic mass is 9.94. The maximum atomic E-state index is 5.94. The van der Waals surface area contributed by atoms with Crippen molar-refractivity contribution in [2.45, 2.75) is 51.4 Å². The van der Waals surface area contributed by atoms with Gasteiger partial charge in [0.15, 0.2) is 0 Å². The zero-order valence-electron chi connectivity index (χ0n) is 7.82. The van der Waals surface area contributed by atoms with Gasteiger partial charge < -0.3 is 0 Å². The summed E-state index contributed by atoms with van der Waals surface area (Å²) >= 11 is 5.94. The van der Waals surface area contributed by atoms with Gasteiger partial charge in [0.05, 0.1) is 0 Å². The molecule has 0 aromatic rings. The second kappa shape index (κ2) is 3.57. The largest absolute Gasteiger partial charge is 0.126 e. The zero-order valence-corrected chi connectivity index (χ0v) is 8.58. The average molecular weight is 187 g/mol. The van der Waals surface area contributed by atoms with E-state index in [0.29, 0.717) is 5.41 Å². The van der Waals surface area contributed by atoms with E-state index in [-0.39, 0.29) is 0 Å². The van der Waals surface area contributed by atoms with Crippen LogP contribution >= 0.6 is 11.6 Å². The Morgan fingerprint density at radius 2 is 1.83 bits per heavy atom. The number of halogens is 1. The molecule has 0 nitrogen and oxygen atoms in total. The third-order valence-corrected chi connectivity index (χ3v) is 4.37. The molecule has 0 saturated heterocycles. The molecule has 0 unspecified atom stereocenters. The monoisotopic (exact) mass is 186 g/mol. The first-order valence-corrected chi connectivity index (χ1v) is 5.94. The molecule has 0 atom stereocenters. The Balaban J connectivity index is 1.67. The van der Waals surface area contributed by atoms with E-state index in [1.54, 1.807) is 0 Å². The Bertz CT molecular complexity index is 143. The molecule has 1 heteroatoms. The predicted octanol–water partition coefficient (Wildman–Crippen LogP) is 3.98. The molecular formula is C11H19Cl. The first-order valence-electron chi connectivity index (χ1n) is 5.41. The third-order valence-electron chi connectivity index (χ3n) is 3.80. The van der Waals surface area contributed by atoms with E-state index in [9.17, 15) is 0 Å². The smallest absolute Gasteiger partial charge is 0.0280 e. The van der Waals surface area contributed by atoms with E-state index >= 15 is 0 Å². The molecule has 2 fully saturated rings. The maximum absolute atomic E-state index is 5.94. The van der Waals surface area contributed by atoms with Crippen LogP contribution in [0.5, 0.6) is 0 Å². The van der Waals surface area contributed by atoms with Gasteiger partial charge in [-0.15, -0.1) is 11.6 Å². The summed E-state index contributed by atoms with van der Waals surface area (Å²) in [6.07, 6.45) is 11.7. The molecule has 0 N–H and O–H groups in total. The van der Waals surface area contributed by atoms with E-state index in [4.69, 9.17) is 11.6 Å². The second-order valence-corrected chi connectivity index (χ2v) is 5.09.